The monoisotopic (exact) mass is 360 g/mol. The van der Waals surface area contributed by atoms with E-state index >= 15 is 0 Å². The zero-order valence-corrected chi connectivity index (χ0v) is 16.9. The summed E-state index contributed by atoms with van der Waals surface area (Å²) in [5, 5.41) is 2.98. The second kappa shape index (κ2) is 8.11. The smallest absolute Gasteiger partial charge is 0.236 e. The molecule has 0 saturated carbocycles. The van der Waals surface area contributed by atoms with Crippen LogP contribution in [0, 0.1) is 17.3 Å². The number of ether oxygens (including phenoxy) is 1. The maximum absolute atomic E-state index is 13.0. The number of nitrogens with one attached hydrogen (secondary N) is 1. The van der Waals surface area contributed by atoms with E-state index in [1.54, 1.807) is 0 Å². The zero-order valence-electron chi connectivity index (χ0n) is 16.9. The van der Waals surface area contributed by atoms with Crippen LogP contribution in [0.4, 0.5) is 11.4 Å². The molecule has 1 heterocycles. The van der Waals surface area contributed by atoms with Gasteiger partial charge in [-0.05, 0) is 44.7 Å². The van der Waals surface area contributed by atoms with Gasteiger partial charge in [0.1, 0.15) is 12.4 Å². The maximum Gasteiger partial charge on any atom is 0.236 e. The van der Waals surface area contributed by atoms with Gasteiger partial charge in [0.2, 0.25) is 11.8 Å². The van der Waals surface area contributed by atoms with E-state index in [2.05, 4.69) is 19.2 Å². The van der Waals surface area contributed by atoms with Crippen molar-refractivity contribution in [1.29, 1.82) is 0 Å². The Morgan fingerprint density at radius 3 is 2.50 bits per heavy atom. The molecule has 0 unspecified atom stereocenters. The fourth-order valence-electron chi connectivity index (χ4n) is 3.18. The minimum Gasteiger partial charge on any atom is -0.490 e. The molecule has 0 aliphatic carbocycles. The molecular weight excluding hydrogens is 328 g/mol. The van der Waals surface area contributed by atoms with E-state index < -0.39 is 5.41 Å². The molecule has 1 aromatic rings. The van der Waals surface area contributed by atoms with Crippen molar-refractivity contribution in [2.45, 2.75) is 54.4 Å². The van der Waals surface area contributed by atoms with Crippen molar-refractivity contribution in [2.75, 3.05) is 23.4 Å². The summed E-state index contributed by atoms with van der Waals surface area (Å²) in [4.78, 5) is 27.1. The molecule has 0 fully saturated rings. The number of hydrogen-bond acceptors (Lipinski definition) is 3. The molecule has 0 spiro atoms. The highest BCUT2D eigenvalue weighted by molar-refractivity contribution is 6.00. The second-order valence-corrected chi connectivity index (χ2v) is 8.17. The SMILES string of the molecule is CCC(CC)C(=O)Nc1ccc2c(c1)OCC(C)(C)C(=O)N2CC(C)C. The summed E-state index contributed by atoms with van der Waals surface area (Å²) in [5.41, 5.74) is 0.888. The lowest BCUT2D eigenvalue weighted by atomic mass is 9.92. The van der Waals surface area contributed by atoms with Gasteiger partial charge in [-0.3, -0.25) is 9.59 Å². The Bertz CT molecular complexity index is 663. The first-order chi connectivity index (χ1) is 12.2. The molecule has 1 aliphatic rings. The van der Waals surface area contributed by atoms with Crippen LogP contribution in [0.1, 0.15) is 54.4 Å². The fraction of sp³-hybridized carbons (Fsp3) is 0.619. The number of nitrogens with zero attached hydrogens (tertiary/aromatic N) is 1. The van der Waals surface area contributed by atoms with Crippen LogP contribution in [0.25, 0.3) is 0 Å². The van der Waals surface area contributed by atoms with Gasteiger partial charge in [-0.2, -0.15) is 0 Å². The Kier molecular flexibility index (Phi) is 6.32. The van der Waals surface area contributed by atoms with Crippen molar-refractivity contribution >= 4 is 23.2 Å². The quantitative estimate of drug-likeness (QED) is 0.814. The topological polar surface area (TPSA) is 58.6 Å². The molecule has 5 nitrogen and oxygen atoms in total. The molecule has 0 aromatic heterocycles. The van der Waals surface area contributed by atoms with Crippen LogP contribution < -0.4 is 15.0 Å². The van der Waals surface area contributed by atoms with Gasteiger partial charge in [0.25, 0.3) is 0 Å². The standard InChI is InChI=1S/C21H32N2O3/c1-7-15(8-2)19(24)22-16-9-10-17-18(11-16)26-13-21(5,6)20(25)23(17)12-14(3)4/h9-11,14-15H,7-8,12-13H2,1-6H3,(H,22,24). The highest BCUT2D eigenvalue weighted by Crippen LogP contribution is 2.38. The number of rotatable bonds is 6. The van der Waals surface area contributed by atoms with Crippen molar-refractivity contribution in [3.8, 4) is 5.75 Å². The van der Waals surface area contributed by atoms with Crippen LogP contribution in [-0.2, 0) is 9.59 Å². The van der Waals surface area contributed by atoms with Gasteiger partial charge in [0.15, 0.2) is 0 Å². The summed E-state index contributed by atoms with van der Waals surface area (Å²) in [6, 6.07) is 5.55. The molecule has 1 aliphatic heterocycles. The number of carbonyl (C=O) groups is 2. The number of anilines is 2. The normalized spacial score (nSPS) is 16.3. The van der Waals surface area contributed by atoms with Crippen LogP contribution in [0.2, 0.25) is 0 Å². The van der Waals surface area contributed by atoms with E-state index in [1.807, 2.05) is 50.8 Å². The lowest BCUT2D eigenvalue weighted by Crippen LogP contribution is -2.43. The van der Waals surface area contributed by atoms with E-state index in [4.69, 9.17) is 4.74 Å². The van der Waals surface area contributed by atoms with Crippen LogP contribution in [0.5, 0.6) is 5.75 Å². The first-order valence-corrected chi connectivity index (χ1v) is 9.59. The number of amides is 2. The Morgan fingerprint density at radius 2 is 1.92 bits per heavy atom. The molecule has 5 heteroatoms. The minimum absolute atomic E-state index is 0.00711. The van der Waals surface area contributed by atoms with Gasteiger partial charge in [0.05, 0.1) is 11.1 Å². The lowest BCUT2D eigenvalue weighted by molar-refractivity contribution is -0.127. The molecule has 2 amide bonds. The third-order valence-corrected chi connectivity index (χ3v) is 4.83. The Labute approximate surface area is 157 Å². The van der Waals surface area contributed by atoms with Gasteiger partial charge >= 0.3 is 0 Å². The summed E-state index contributed by atoms with van der Waals surface area (Å²) in [6.45, 7) is 13.0. The van der Waals surface area contributed by atoms with Crippen molar-refractivity contribution in [3.63, 3.8) is 0 Å². The molecular formula is C21H32N2O3. The lowest BCUT2D eigenvalue weighted by Gasteiger charge is -2.29. The van der Waals surface area contributed by atoms with Gasteiger partial charge < -0.3 is 15.0 Å². The van der Waals surface area contributed by atoms with Gasteiger partial charge in [0, 0.05) is 24.2 Å². The van der Waals surface area contributed by atoms with Crippen LogP contribution in [0.3, 0.4) is 0 Å². The van der Waals surface area contributed by atoms with Crippen molar-refractivity contribution in [2.24, 2.45) is 17.3 Å². The Balaban J connectivity index is 2.34. The summed E-state index contributed by atoms with van der Waals surface area (Å²) in [7, 11) is 0. The summed E-state index contributed by atoms with van der Waals surface area (Å²) in [5.74, 6) is 1.09. The first kappa shape index (κ1) is 20.3. The summed E-state index contributed by atoms with van der Waals surface area (Å²) >= 11 is 0. The Hall–Kier alpha value is -2.04. The average Bonchev–Trinajstić information content (AvgIpc) is 2.66. The number of carbonyl (C=O) groups excluding carboxylic acids is 2. The largest absolute Gasteiger partial charge is 0.490 e. The third kappa shape index (κ3) is 4.37. The molecule has 144 valence electrons. The highest BCUT2D eigenvalue weighted by Gasteiger charge is 2.38. The fourth-order valence-corrected chi connectivity index (χ4v) is 3.18. The second-order valence-electron chi connectivity index (χ2n) is 8.17. The molecule has 26 heavy (non-hydrogen) atoms. The molecule has 0 saturated heterocycles. The molecule has 1 aromatic carbocycles. The molecule has 0 radical (unpaired) electrons. The summed E-state index contributed by atoms with van der Waals surface area (Å²) < 4.78 is 5.97. The zero-order chi connectivity index (χ0) is 19.5. The molecule has 0 bridgehead atoms. The predicted molar refractivity (Wildman–Crippen MR) is 106 cm³/mol. The van der Waals surface area contributed by atoms with E-state index in [1.165, 1.54) is 0 Å². The highest BCUT2D eigenvalue weighted by atomic mass is 16.5. The number of fused-ring (bicyclic) bond motifs is 1. The van der Waals surface area contributed by atoms with E-state index in [-0.39, 0.29) is 17.7 Å². The average molecular weight is 360 g/mol. The van der Waals surface area contributed by atoms with Crippen molar-refractivity contribution in [3.05, 3.63) is 18.2 Å². The van der Waals surface area contributed by atoms with Gasteiger partial charge in [-0.1, -0.05) is 27.7 Å². The minimum atomic E-state index is -0.590. The summed E-state index contributed by atoms with van der Waals surface area (Å²) in [6.07, 6.45) is 1.63. The van der Waals surface area contributed by atoms with Crippen LogP contribution in [-0.4, -0.2) is 25.0 Å². The van der Waals surface area contributed by atoms with Crippen LogP contribution in [0.15, 0.2) is 18.2 Å². The maximum atomic E-state index is 13.0. The van der Waals surface area contributed by atoms with Crippen molar-refractivity contribution < 1.29 is 14.3 Å². The van der Waals surface area contributed by atoms with E-state index in [0.717, 1.165) is 18.5 Å². The third-order valence-electron chi connectivity index (χ3n) is 4.83. The first-order valence-electron chi connectivity index (χ1n) is 9.59. The Morgan fingerprint density at radius 1 is 1.27 bits per heavy atom. The van der Waals surface area contributed by atoms with Crippen LogP contribution >= 0.6 is 0 Å². The van der Waals surface area contributed by atoms with Gasteiger partial charge in [-0.15, -0.1) is 0 Å². The molecule has 2 rings (SSSR count). The van der Waals surface area contributed by atoms with Crippen molar-refractivity contribution in [1.82, 2.24) is 0 Å². The number of hydrogen-bond donors (Lipinski definition) is 1. The molecule has 1 N–H and O–H groups in total. The van der Waals surface area contributed by atoms with Gasteiger partial charge in [-0.25, -0.2) is 0 Å². The molecule has 0 atom stereocenters. The van der Waals surface area contributed by atoms with E-state index in [0.29, 0.717) is 30.5 Å². The number of benzene rings is 1. The predicted octanol–water partition coefficient (Wildman–Crippen LogP) is 4.47. The van der Waals surface area contributed by atoms with E-state index in [9.17, 15) is 9.59 Å².